The Morgan fingerprint density at radius 3 is 2.15 bits per heavy atom. The van der Waals surface area contributed by atoms with Gasteiger partial charge in [0.05, 0.1) is 27.4 Å². The minimum absolute atomic E-state index is 0.0107. The van der Waals surface area contributed by atoms with E-state index in [1.807, 2.05) is 34.9 Å². The zero-order valence-corrected chi connectivity index (χ0v) is 16.0. The van der Waals surface area contributed by atoms with Crippen LogP contribution in [0, 0.1) is 4.77 Å². The van der Waals surface area contributed by atoms with Gasteiger partial charge in [0.1, 0.15) is 0 Å². The molecule has 0 aliphatic carbocycles. The summed E-state index contributed by atoms with van der Waals surface area (Å²) >= 11 is 5.48. The first-order valence-electron chi connectivity index (χ1n) is 8.13. The highest BCUT2D eigenvalue weighted by molar-refractivity contribution is 7.71. The molecule has 136 valence electrons. The summed E-state index contributed by atoms with van der Waals surface area (Å²) in [6, 6.07) is 13.9. The Kier molecular flexibility index (Phi) is 5.27. The van der Waals surface area contributed by atoms with Gasteiger partial charge in [0.15, 0.2) is 22.1 Å². The van der Waals surface area contributed by atoms with E-state index in [0.717, 1.165) is 11.1 Å². The molecule has 0 saturated heterocycles. The van der Waals surface area contributed by atoms with Gasteiger partial charge in [0.25, 0.3) is 0 Å². The van der Waals surface area contributed by atoms with Gasteiger partial charge in [-0.15, -0.1) is 0 Å². The summed E-state index contributed by atoms with van der Waals surface area (Å²) in [5.41, 5.74) is 1.95. The molecule has 1 heterocycles. The predicted octanol–water partition coefficient (Wildman–Crippen LogP) is 4.24. The average Bonchev–Trinajstić information content (AvgIpc) is 3.08. The molecule has 0 aliphatic heterocycles. The van der Waals surface area contributed by atoms with Crippen LogP contribution in [0.4, 0.5) is 0 Å². The van der Waals surface area contributed by atoms with Crippen LogP contribution in [0.2, 0.25) is 0 Å². The lowest BCUT2D eigenvalue weighted by Crippen LogP contribution is -2.09. The summed E-state index contributed by atoms with van der Waals surface area (Å²) in [7, 11) is 4.75. The van der Waals surface area contributed by atoms with Gasteiger partial charge in [-0.3, -0.25) is 9.67 Å². The monoisotopic (exact) mass is 371 g/mol. The molecule has 0 spiro atoms. The van der Waals surface area contributed by atoms with Crippen molar-refractivity contribution >= 4 is 12.2 Å². The summed E-state index contributed by atoms with van der Waals surface area (Å²) in [5, 5.41) is 7.33. The summed E-state index contributed by atoms with van der Waals surface area (Å²) in [5.74, 6) is 2.37. The zero-order valence-electron chi connectivity index (χ0n) is 15.1. The van der Waals surface area contributed by atoms with Crippen molar-refractivity contribution in [3.63, 3.8) is 0 Å². The third-order valence-electron chi connectivity index (χ3n) is 4.30. The van der Waals surface area contributed by atoms with Gasteiger partial charge in [0.2, 0.25) is 5.75 Å². The lowest BCUT2D eigenvalue weighted by atomic mass is 10.1. The number of hydrogen-bond acceptors (Lipinski definition) is 5. The van der Waals surface area contributed by atoms with Crippen molar-refractivity contribution in [2.45, 2.75) is 13.0 Å². The van der Waals surface area contributed by atoms with E-state index in [0.29, 0.717) is 27.8 Å². The summed E-state index contributed by atoms with van der Waals surface area (Å²) < 4.78 is 18.8. The molecule has 2 aromatic carbocycles. The molecule has 0 unspecified atom stereocenters. The molecule has 3 aromatic rings. The number of benzene rings is 2. The van der Waals surface area contributed by atoms with Crippen molar-refractivity contribution in [1.82, 2.24) is 14.8 Å². The lowest BCUT2D eigenvalue weighted by Gasteiger charge is -2.18. The third-order valence-corrected chi connectivity index (χ3v) is 4.58. The van der Waals surface area contributed by atoms with E-state index in [4.69, 9.17) is 26.4 Å². The number of aromatic nitrogens is 3. The van der Waals surface area contributed by atoms with Crippen LogP contribution in [-0.4, -0.2) is 36.1 Å². The standard InChI is InChI=1S/C19H21N3O3S/c1-12(13-8-6-5-7-9-13)22-18(20-21-19(22)26)14-10-15(23-2)17(25-4)16(11-14)24-3/h5-12H,1-4H3,(H,21,26)/t12-/m1/s1. The Bertz CT molecular complexity index is 925. The topological polar surface area (TPSA) is 61.3 Å². The first kappa shape index (κ1) is 18.0. The Morgan fingerprint density at radius 2 is 1.62 bits per heavy atom. The summed E-state index contributed by atoms with van der Waals surface area (Å²) in [4.78, 5) is 0. The highest BCUT2D eigenvalue weighted by Crippen LogP contribution is 2.41. The van der Waals surface area contributed by atoms with Crippen LogP contribution in [0.5, 0.6) is 17.2 Å². The van der Waals surface area contributed by atoms with Gasteiger partial charge in [-0.1, -0.05) is 30.3 Å². The maximum absolute atomic E-state index is 5.48. The molecule has 1 atom stereocenters. The van der Waals surface area contributed by atoms with E-state index < -0.39 is 0 Å². The van der Waals surface area contributed by atoms with Crippen LogP contribution in [0.3, 0.4) is 0 Å². The van der Waals surface area contributed by atoms with Crippen LogP contribution < -0.4 is 14.2 Å². The molecule has 3 rings (SSSR count). The van der Waals surface area contributed by atoms with E-state index in [2.05, 4.69) is 29.3 Å². The quantitative estimate of drug-likeness (QED) is 0.657. The minimum atomic E-state index is 0.0107. The van der Waals surface area contributed by atoms with Crippen molar-refractivity contribution in [2.24, 2.45) is 0 Å². The second kappa shape index (κ2) is 7.61. The average molecular weight is 371 g/mol. The fourth-order valence-electron chi connectivity index (χ4n) is 2.96. The van der Waals surface area contributed by atoms with E-state index in [-0.39, 0.29) is 6.04 Å². The molecule has 26 heavy (non-hydrogen) atoms. The zero-order chi connectivity index (χ0) is 18.7. The Balaban J connectivity index is 2.16. The second-order valence-corrected chi connectivity index (χ2v) is 6.11. The van der Waals surface area contributed by atoms with E-state index in [1.54, 1.807) is 21.3 Å². The highest BCUT2D eigenvalue weighted by atomic mass is 32.1. The Hall–Kier alpha value is -2.80. The van der Waals surface area contributed by atoms with Crippen molar-refractivity contribution < 1.29 is 14.2 Å². The van der Waals surface area contributed by atoms with Gasteiger partial charge in [0, 0.05) is 5.56 Å². The normalized spacial score (nSPS) is 11.8. The molecular weight excluding hydrogens is 350 g/mol. The van der Waals surface area contributed by atoms with Gasteiger partial charge in [-0.05, 0) is 36.8 Å². The van der Waals surface area contributed by atoms with E-state index >= 15 is 0 Å². The van der Waals surface area contributed by atoms with Crippen LogP contribution in [-0.2, 0) is 0 Å². The highest BCUT2D eigenvalue weighted by Gasteiger charge is 2.20. The van der Waals surface area contributed by atoms with Gasteiger partial charge >= 0.3 is 0 Å². The number of aromatic amines is 1. The number of nitrogens with zero attached hydrogens (tertiary/aromatic N) is 2. The first-order chi connectivity index (χ1) is 12.6. The predicted molar refractivity (Wildman–Crippen MR) is 103 cm³/mol. The number of ether oxygens (including phenoxy) is 3. The van der Waals surface area contributed by atoms with Crippen LogP contribution in [0.25, 0.3) is 11.4 Å². The number of methoxy groups -OCH3 is 3. The van der Waals surface area contributed by atoms with Crippen molar-refractivity contribution in [1.29, 1.82) is 0 Å². The second-order valence-electron chi connectivity index (χ2n) is 5.72. The molecular formula is C19H21N3O3S. The van der Waals surface area contributed by atoms with Crippen LogP contribution >= 0.6 is 12.2 Å². The van der Waals surface area contributed by atoms with Gasteiger partial charge in [-0.25, -0.2) is 0 Å². The molecule has 0 bridgehead atoms. The molecule has 0 aliphatic rings. The van der Waals surface area contributed by atoms with E-state index in [1.165, 1.54) is 0 Å². The SMILES string of the molecule is COc1cc(-c2n[nH]c(=S)n2[C@H](C)c2ccccc2)cc(OC)c1OC. The largest absolute Gasteiger partial charge is 0.493 e. The molecule has 1 aromatic heterocycles. The maximum atomic E-state index is 5.48. The number of nitrogens with one attached hydrogen (secondary N) is 1. The minimum Gasteiger partial charge on any atom is -0.493 e. The number of rotatable bonds is 6. The molecule has 0 radical (unpaired) electrons. The summed E-state index contributed by atoms with van der Waals surface area (Å²) in [6.07, 6.45) is 0. The third kappa shape index (κ3) is 3.17. The summed E-state index contributed by atoms with van der Waals surface area (Å²) in [6.45, 7) is 2.09. The Morgan fingerprint density at radius 1 is 1.00 bits per heavy atom. The van der Waals surface area contributed by atoms with E-state index in [9.17, 15) is 0 Å². The van der Waals surface area contributed by atoms with Crippen LogP contribution in [0.1, 0.15) is 18.5 Å². The molecule has 7 heteroatoms. The molecule has 0 saturated carbocycles. The molecule has 0 amide bonds. The number of hydrogen-bond donors (Lipinski definition) is 1. The Labute approximate surface area is 157 Å². The smallest absolute Gasteiger partial charge is 0.203 e. The van der Waals surface area contributed by atoms with Crippen molar-refractivity contribution in [3.05, 3.63) is 52.8 Å². The van der Waals surface area contributed by atoms with Crippen molar-refractivity contribution in [3.8, 4) is 28.6 Å². The van der Waals surface area contributed by atoms with Gasteiger partial charge in [-0.2, -0.15) is 5.10 Å². The molecule has 6 nitrogen and oxygen atoms in total. The number of H-pyrrole nitrogens is 1. The molecule has 1 N–H and O–H groups in total. The maximum Gasteiger partial charge on any atom is 0.203 e. The fourth-order valence-corrected chi connectivity index (χ4v) is 3.25. The van der Waals surface area contributed by atoms with Crippen LogP contribution in [0.15, 0.2) is 42.5 Å². The van der Waals surface area contributed by atoms with Gasteiger partial charge < -0.3 is 14.2 Å². The van der Waals surface area contributed by atoms with Crippen molar-refractivity contribution in [2.75, 3.05) is 21.3 Å². The fraction of sp³-hybridized carbons (Fsp3) is 0.263. The molecule has 0 fully saturated rings. The lowest BCUT2D eigenvalue weighted by molar-refractivity contribution is 0.324. The first-order valence-corrected chi connectivity index (χ1v) is 8.53.